The number of carbonyl (C=O) groups excluding carboxylic acids is 1. The molecule has 0 aromatic carbocycles. The van der Waals surface area contributed by atoms with Crippen molar-refractivity contribution < 1.29 is 14.6 Å². The van der Waals surface area contributed by atoms with Gasteiger partial charge in [-0.25, -0.2) is 9.78 Å². The van der Waals surface area contributed by atoms with Crippen molar-refractivity contribution in [1.82, 2.24) is 9.88 Å². The molecular weight excluding hydrogens is 252 g/mol. The number of aromatic nitrogens is 1. The van der Waals surface area contributed by atoms with Gasteiger partial charge in [0.1, 0.15) is 11.6 Å². The zero-order valence-electron chi connectivity index (χ0n) is 9.99. The van der Waals surface area contributed by atoms with E-state index < -0.39 is 0 Å². The summed E-state index contributed by atoms with van der Waals surface area (Å²) >= 11 is 1.48. The summed E-state index contributed by atoms with van der Waals surface area (Å²) in [6.45, 7) is 1.70. The average Bonchev–Trinajstić information content (AvgIpc) is 3.00. The molecule has 1 saturated carbocycles. The third-order valence-electron chi connectivity index (χ3n) is 3.79. The van der Waals surface area contributed by atoms with E-state index in [1.54, 1.807) is 11.1 Å². The van der Waals surface area contributed by atoms with Crippen molar-refractivity contribution >= 4 is 17.4 Å². The van der Waals surface area contributed by atoms with Gasteiger partial charge in [-0.15, -0.1) is 11.3 Å². The van der Waals surface area contributed by atoms with Crippen LogP contribution in [-0.2, 0) is 11.3 Å². The van der Waals surface area contributed by atoms with Gasteiger partial charge in [0.2, 0.25) is 0 Å². The highest BCUT2D eigenvalue weighted by atomic mass is 32.1. The van der Waals surface area contributed by atoms with E-state index >= 15 is 0 Å². The fourth-order valence-electron chi connectivity index (χ4n) is 2.96. The maximum atomic E-state index is 11.9. The van der Waals surface area contributed by atoms with Crippen molar-refractivity contribution in [2.24, 2.45) is 11.8 Å². The molecule has 98 valence electrons. The first-order valence-electron chi connectivity index (χ1n) is 6.20. The van der Waals surface area contributed by atoms with Gasteiger partial charge in [0.05, 0.1) is 6.10 Å². The molecule has 1 amide bonds. The molecule has 1 unspecified atom stereocenters. The van der Waals surface area contributed by atoms with Crippen LogP contribution in [0.2, 0.25) is 0 Å². The van der Waals surface area contributed by atoms with E-state index in [0.29, 0.717) is 11.8 Å². The summed E-state index contributed by atoms with van der Waals surface area (Å²) in [4.78, 5) is 17.7. The molecule has 1 saturated heterocycles. The number of carbonyl (C=O) groups is 1. The van der Waals surface area contributed by atoms with Gasteiger partial charge in [0, 0.05) is 24.7 Å². The van der Waals surface area contributed by atoms with E-state index in [1.165, 1.54) is 11.3 Å². The summed E-state index contributed by atoms with van der Waals surface area (Å²) in [5.41, 5.74) is 0. The number of likely N-dealkylation sites (tertiary alicyclic amines) is 1. The highest BCUT2D eigenvalue weighted by molar-refractivity contribution is 7.09. The molecule has 3 rings (SSSR count). The van der Waals surface area contributed by atoms with E-state index in [4.69, 9.17) is 4.74 Å². The number of aliphatic hydroxyl groups excluding tert-OH is 1. The molecule has 2 aliphatic rings. The Morgan fingerprint density at radius 2 is 2.22 bits per heavy atom. The van der Waals surface area contributed by atoms with Crippen LogP contribution in [-0.4, -0.2) is 40.3 Å². The monoisotopic (exact) mass is 268 g/mol. The molecule has 1 aromatic heterocycles. The van der Waals surface area contributed by atoms with Crippen LogP contribution in [0.5, 0.6) is 0 Å². The standard InChI is InChI=1S/C12H16N2O3S/c15-10-3-8-5-14(6-9(8)4-10)12(16)17-7-11-13-1-2-18-11/h1-2,8-10,15H,3-7H2/t8-,9+,10?. The molecule has 0 radical (unpaired) electrons. The van der Waals surface area contributed by atoms with Crippen molar-refractivity contribution in [3.05, 3.63) is 16.6 Å². The zero-order valence-corrected chi connectivity index (χ0v) is 10.8. The molecule has 0 spiro atoms. The highest BCUT2D eigenvalue weighted by Crippen LogP contribution is 2.38. The molecule has 1 aliphatic carbocycles. The Morgan fingerprint density at radius 3 is 2.83 bits per heavy atom. The second-order valence-electron chi connectivity index (χ2n) is 5.03. The number of thiazole rings is 1. The van der Waals surface area contributed by atoms with Gasteiger partial charge in [-0.05, 0) is 24.7 Å². The topological polar surface area (TPSA) is 62.7 Å². The van der Waals surface area contributed by atoms with Crippen LogP contribution in [0.4, 0.5) is 4.79 Å². The van der Waals surface area contributed by atoms with E-state index in [9.17, 15) is 9.90 Å². The maximum absolute atomic E-state index is 11.9. The van der Waals surface area contributed by atoms with Crippen LogP contribution in [0, 0.1) is 11.8 Å². The molecule has 2 fully saturated rings. The fourth-order valence-corrected chi connectivity index (χ4v) is 3.48. The van der Waals surface area contributed by atoms with Crippen molar-refractivity contribution in [3.63, 3.8) is 0 Å². The van der Waals surface area contributed by atoms with Crippen LogP contribution in [0.25, 0.3) is 0 Å². The summed E-state index contributed by atoms with van der Waals surface area (Å²) in [6.07, 6.45) is 2.92. The molecule has 18 heavy (non-hydrogen) atoms. The predicted molar refractivity (Wildman–Crippen MR) is 66.1 cm³/mol. The molecule has 6 heteroatoms. The molecule has 2 heterocycles. The second-order valence-corrected chi connectivity index (χ2v) is 6.01. The number of rotatable bonds is 2. The summed E-state index contributed by atoms with van der Waals surface area (Å²) in [7, 11) is 0. The second kappa shape index (κ2) is 4.85. The Bertz CT molecular complexity index is 409. The smallest absolute Gasteiger partial charge is 0.410 e. The van der Waals surface area contributed by atoms with E-state index in [1.807, 2.05) is 5.38 Å². The summed E-state index contributed by atoms with van der Waals surface area (Å²) in [5, 5.41) is 12.2. The lowest BCUT2D eigenvalue weighted by atomic mass is 10.0. The Labute approximate surface area is 109 Å². The normalized spacial score (nSPS) is 30.5. The van der Waals surface area contributed by atoms with Crippen LogP contribution >= 0.6 is 11.3 Å². The van der Waals surface area contributed by atoms with Gasteiger partial charge in [-0.1, -0.05) is 0 Å². The molecule has 1 aromatic rings. The van der Waals surface area contributed by atoms with E-state index in [2.05, 4.69) is 4.98 Å². The molecule has 3 atom stereocenters. The Hall–Kier alpha value is -1.14. The highest BCUT2D eigenvalue weighted by Gasteiger charge is 2.42. The first kappa shape index (κ1) is 11.9. The Kier molecular flexibility index (Phi) is 3.22. The number of amides is 1. The van der Waals surface area contributed by atoms with Crippen molar-refractivity contribution in [2.75, 3.05) is 13.1 Å². The molecule has 0 bridgehead atoms. The quantitative estimate of drug-likeness (QED) is 0.882. The molecule has 1 aliphatic heterocycles. The number of ether oxygens (including phenoxy) is 1. The molecular formula is C12H16N2O3S. The maximum Gasteiger partial charge on any atom is 0.410 e. The van der Waals surface area contributed by atoms with Crippen LogP contribution < -0.4 is 0 Å². The first-order valence-corrected chi connectivity index (χ1v) is 7.08. The van der Waals surface area contributed by atoms with Gasteiger partial charge in [0.25, 0.3) is 0 Å². The molecule has 5 nitrogen and oxygen atoms in total. The Morgan fingerprint density at radius 1 is 1.50 bits per heavy atom. The zero-order chi connectivity index (χ0) is 12.5. The van der Waals surface area contributed by atoms with Gasteiger partial charge in [0.15, 0.2) is 0 Å². The van der Waals surface area contributed by atoms with Gasteiger partial charge < -0.3 is 14.7 Å². The lowest BCUT2D eigenvalue weighted by Crippen LogP contribution is -2.30. The third-order valence-corrected chi connectivity index (χ3v) is 4.54. The van der Waals surface area contributed by atoms with Crippen LogP contribution in [0.1, 0.15) is 17.8 Å². The average molecular weight is 268 g/mol. The van der Waals surface area contributed by atoms with E-state index in [-0.39, 0.29) is 18.8 Å². The summed E-state index contributed by atoms with van der Waals surface area (Å²) in [6, 6.07) is 0. The number of fused-ring (bicyclic) bond motifs is 1. The third kappa shape index (κ3) is 2.35. The molecule has 1 N–H and O–H groups in total. The minimum atomic E-state index is -0.255. The van der Waals surface area contributed by atoms with Crippen molar-refractivity contribution in [3.8, 4) is 0 Å². The lowest BCUT2D eigenvalue weighted by Gasteiger charge is -2.17. The minimum Gasteiger partial charge on any atom is -0.442 e. The van der Waals surface area contributed by atoms with Crippen LogP contribution in [0.15, 0.2) is 11.6 Å². The summed E-state index contributed by atoms with van der Waals surface area (Å²) in [5.74, 6) is 0.903. The van der Waals surface area contributed by atoms with Crippen LogP contribution in [0.3, 0.4) is 0 Å². The number of hydrogen-bond acceptors (Lipinski definition) is 5. The lowest BCUT2D eigenvalue weighted by molar-refractivity contribution is 0.0971. The fraction of sp³-hybridized carbons (Fsp3) is 0.667. The minimum absolute atomic E-state index is 0.173. The number of hydrogen-bond donors (Lipinski definition) is 1. The Balaban J connectivity index is 1.49. The van der Waals surface area contributed by atoms with E-state index in [0.717, 1.165) is 30.9 Å². The van der Waals surface area contributed by atoms with Crippen molar-refractivity contribution in [2.45, 2.75) is 25.6 Å². The van der Waals surface area contributed by atoms with Crippen molar-refractivity contribution in [1.29, 1.82) is 0 Å². The predicted octanol–water partition coefficient (Wildman–Crippen LogP) is 1.48. The SMILES string of the molecule is O=C(OCc1nccs1)N1C[C@H]2CC(O)C[C@H]2C1. The number of nitrogens with zero attached hydrogens (tertiary/aromatic N) is 2. The van der Waals surface area contributed by atoms with Gasteiger partial charge in [-0.2, -0.15) is 0 Å². The van der Waals surface area contributed by atoms with Gasteiger partial charge in [-0.3, -0.25) is 0 Å². The largest absolute Gasteiger partial charge is 0.442 e. The summed E-state index contributed by atoms with van der Waals surface area (Å²) < 4.78 is 5.23. The number of aliphatic hydroxyl groups is 1. The first-order chi connectivity index (χ1) is 8.72. The van der Waals surface area contributed by atoms with Gasteiger partial charge >= 0.3 is 6.09 Å².